The zero-order valence-corrected chi connectivity index (χ0v) is 9.11. The fourth-order valence-corrected chi connectivity index (χ4v) is 2.37. The second-order valence-electron chi connectivity index (χ2n) is 4.38. The van der Waals surface area contributed by atoms with Gasteiger partial charge in [-0.15, -0.1) is 0 Å². The molecule has 1 atom stereocenters. The van der Waals surface area contributed by atoms with E-state index in [1.807, 2.05) is 18.2 Å². The highest BCUT2D eigenvalue weighted by Gasteiger charge is 2.20. The van der Waals surface area contributed by atoms with Crippen LogP contribution in [-0.4, -0.2) is 5.78 Å². The molecule has 0 radical (unpaired) electrons. The number of Topliss-reactive ketones (excluding diaryl/α,β-unsaturated/α-hetero) is 1. The molecule has 1 saturated carbocycles. The molecule has 0 amide bonds. The first-order valence-corrected chi connectivity index (χ1v) is 5.95. The summed E-state index contributed by atoms with van der Waals surface area (Å²) in [5, 5.41) is 0. The van der Waals surface area contributed by atoms with Crippen LogP contribution in [0, 0.1) is 0 Å². The molecule has 0 unspecified atom stereocenters. The molecular formula is C14H18O. The largest absolute Gasteiger partial charge is 0.299 e. The van der Waals surface area contributed by atoms with Crippen molar-refractivity contribution in [1.29, 1.82) is 0 Å². The predicted molar refractivity (Wildman–Crippen MR) is 61.9 cm³/mol. The summed E-state index contributed by atoms with van der Waals surface area (Å²) in [6.07, 6.45) is 6.62. The van der Waals surface area contributed by atoms with Crippen LogP contribution in [0.15, 0.2) is 30.3 Å². The Morgan fingerprint density at radius 1 is 0.933 bits per heavy atom. The minimum atomic E-state index is 0.173. The Morgan fingerprint density at radius 3 is 2.47 bits per heavy atom. The van der Waals surface area contributed by atoms with E-state index in [1.54, 1.807) is 0 Å². The van der Waals surface area contributed by atoms with Crippen molar-refractivity contribution in [2.75, 3.05) is 0 Å². The summed E-state index contributed by atoms with van der Waals surface area (Å²) in [4.78, 5) is 12.0. The van der Waals surface area contributed by atoms with Gasteiger partial charge < -0.3 is 0 Å². The number of benzene rings is 1. The third-order valence-electron chi connectivity index (χ3n) is 3.26. The smallest absolute Gasteiger partial charge is 0.140 e. The normalized spacial score (nSPS) is 23.2. The monoisotopic (exact) mass is 202 g/mol. The molecule has 0 heterocycles. The van der Waals surface area contributed by atoms with Crippen molar-refractivity contribution in [3.63, 3.8) is 0 Å². The molecule has 1 aromatic carbocycles. The molecule has 1 aliphatic rings. The van der Waals surface area contributed by atoms with E-state index in [0.29, 0.717) is 5.78 Å². The molecule has 0 N–H and O–H groups in total. The van der Waals surface area contributed by atoms with Gasteiger partial charge in [0.2, 0.25) is 0 Å². The molecule has 0 aliphatic heterocycles. The van der Waals surface area contributed by atoms with E-state index in [4.69, 9.17) is 0 Å². The molecule has 80 valence electrons. The number of carbonyl (C=O) groups is 1. The van der Waals surface area contributed by atoms with Crippen LogP contribution >= 0.6 is 0 Å². The molecule has 1 aliphatic carbocycles. The van der Waals surface area contributed by atoms with E-state index in [-0.39, 0.29) is 5.92 Å². The van der Waals surface area contributed by atoms with Crippen LogP contribution < -0.4 is 0 Å². The molecule has 0 aromatic heterocycles. The molecule has 1 heteroatoms. The highest BCUT2D eigenvalue weighted by molar-refractivity contribution is 5.85. The zero-order valence-electron chi connectivity index (χ0n) is 9.11. The Labute approximate surface area is 91.5 Å². The summed E-state index contributed by atoms with van der Waals surface area (Å²) >= 11 is 0. The summed E-state index contributed by atoms with van der Waals surface area (Å²) in [6, 6.07) is 10.2. The maximum Gasteiger partial charge on any atom is 0.140 e. The van der Waals surface area contributed by atoms with Crippen LogP contribution in [0.3, 0.4) is 0 Å². The molecule has 1 fully saturated rings. The maximum atomic E-state index is 12.0. The first-order chi connectivity index (χ1) is 7.38. The van der Waals surface area contributed by atoms with Crippen molar-refractivity contribution in [2.45, 2.75) is 44.4 Å². The highest BCUT2D eigenvalue weighted by Crippen LogP contribution is 2.27. The Kier molecular flexibility index (Phi) is 3.54. The van der Waals surface area contributed by atoms with Gasteiger partial charge in [-0.25, -0.2) is 0 Å². The Bertz CT molecular complexity index is 315. The predicted octanol–water partition coefficient (Wildman–Crippen LogP) is 3.69. The van der Waals surface area contributed by atoms with E-state index in [0.717, 1.165) is 19.3 Å². The van der Waals surface area contributed by atoms with Crippen LogP contribution in [0.1, 0.15) is 50.0 Å². The topological polar surface area (TPSA) is 17.1 Å². The summed E-state index contributed by atoms with van der Waals surface area (Å²) in [5.74, 6) is 0.618. The molecule has 0 bridgehead atoms. The first-order valence-electron chi connectivity index (χ1n) is 5.95. The van der Waals surface area contributed by atoms with Gasteiger partial charge in [-0.3, -0.25) is 4.79 Å². The van der Waals surface area contributed by atoms with Crippen molar-refractivity contribution in [1.82, 2.24) is 0 Å². The third kappa shape index (κ3) is 2.68. The van der Waals surface area contributed by atoms with Crippen LogP contribution in [0.25, 0.3) is 0 Å². The third-order valence-corrected chi connectivity index (χ3v) is 3.26. The first kappa shape index (κ1) is 10.4. The van der Waals surface area contributed by atoms with Crippen molar-refractivity contribution < 1.29 is 4.79 Å². The van der Waals surface area contributed by atoms with Crippen molar-refractivity contribution >= 4 is 5.78 Å². The van der Waals surface area contributed by atoms with E-state index in [1.165, 1.54) is 24.8 Å². The van der Waals surface area contributed by atoms with E-state index in [9.17, 15) is 4.79 Å². The second-order valence-corrected chi connectivity index (χ2v) is 4.38. The van der Waals surface area contributed by atoms with Gasteiger partial charge in [-0.05, 0) is 18.4 Å². The number of rotatable bonds is 1. The van der Waals surface area contributed by atoms with Gasteiger partial charge >= 0.3 is 0 Å². The lowest BCUT2D eigenvalue weighted by Gasteiger charge is -2.18. The van der Waals surface area contributed by atoms with Crippen molar-refractivity contribution in [3.8, 4) is 0 Å². The molecule has 1 aromatic rings. The maximum absolute atomic E-state index is 12.0. The number of hydrogen-bond acceptors (Lipinski definition) is 1. The van der Waals surface area contributed by atoms with Gasteiger partial charge in [0, 0.05) is 12.3 Å². The van der Waals surface area contributed by atoms with E-state index < -0.39 is 0 Å². The van der Waals surface area contributed by atoms with E-state index >= 15 is 0 Å². The molecule has 0 saturated heterocycles. The van der Waals surface area contributed by atoms with Gasteiger partial charge in [0.25, 0.3) is 0 Å². The molecule has 2 rings (SSSR count). The summed E-state index contributed by atoms with van der Waals surface area (Å²) in [7, 11) is 0. The van der Waals surface area contributed by atoms with Gasteiger partial charge in [-0.2, -0.15) is 0 Å². The minimum Gasteiger partial charge on any atom is -0.299 e. The minimum absolute atomic E-state index is 0.173. The quantitative estimate of drug-likeness (QED) is 0.678. The fraction of sp³-hybridized carbons (Fsp3) is 0.500. The molecule has 0 spiro atoms. The molecule has 1 nitrogen and oxygen atoms in total. The lowest BCUT2D eigenvalue weighted by Crippen LogP contribution is -2.14. The summed E-state index contributed by atoms with van der Waals surface area (Å²) in [5.41, 5.74) is 1.21. The van der Waals surface area contributed by atoms with Gasteiger partial charge in [0.15, 0.2) is 0 Å². The Balaban J connectivity index is 2.14. The van der Waals surface area contributed by atoms with Gasteiger partial charge in [0.1, 0.15) is 5.78 Å². The molecular weight excluding hydrogens is 184 g/mol. The van der Waals surface area contributed by atoms with E-state index in [2.05, 4.69) is 12.1 Å². The van der Waals surface area contributed by atoms with Crippen LogP contribution in [0.4, 0.5) is 0 Å². The number of ketones is 1. The highest BCUT2D eigenvalue weighted by atomic mass is 16.1. The van der Waals surface area contributed by atoms with Crippen LogP contribution in [0.5, 0.6) is 0 Å². The SMILES string of the molecule is O=C1CCCCCC[C@H]1c1ccccc1. The summed E-state index contributed by atoms with van der Waals surface area (Å²) < 4.78 is 0. The fourth-order valence-electron chi connectivity index (χ4n) is 2.37. The standard InChI is InChI=1S/C14H18O/c15-14-11-7-2-1-6-10-13(14)12-8-4-3-5-9-12/h3-5,8-9,13H,1-2,6-7,10-11H2/t13-/m0/s1. The van der Waals surface area contributed by atoms with Crippen LogP contribution in [0.2, 0.25) is 0 Å². The average Bonchev–Trinajstić information content (AvgIpc) is 2.25. The average molecular weight is 202 g/mol. The molecule has 15 heavy (non-hydrogen) atoms. The van der Waals surface area contributed by atoms with Gasteiger partial charge in [-0.1, -0.05) is 49.6 Å². The number of carbonyl (C=O) groups excluding carboxylic acids is 1. The Morgan fingerprint density at radius 2 is 1.67 bits per heavy atom. The zero-order chi connectivity index (χ0) is 10.5. The van der Waals surface area contributed by atoms with Crippen LogP contribution in [-0.2, 0) is 4.79 Å². The lowest BCUT2D eigenvalue weighted by molar-refractivity contribution is -0.121. The van der Waals surface area contributed by atoms with Crippen molar-refractivity contribution in [2.24, 2.45) is 0 Å². The second kappa shape index (κ2) is 5.11. The van der Waals surface area contributed by atoms with Crippen molar-refractivity contribution in [3.05, 3.63) is 35.9 Å². The Hall–Kier alpha value is -1.11. The van der Waals surface area contributed by atoms with Gasteiger partial charge in [0.05, 0.1) is 0 Å². The summed E-state index contributed by atoms with van der Waals surface area (Å²) in [6.45, 7) is 0. The lowest BCUT2D eigenvalue weighted by atomic mass is 9.85. The number of hydrogen-bond donors (Lipinski definition) is 0.